The van der Waals surface area contributed by atoms with Crippen LogP contribution in [0.3, 0.4) is 0 Å². The third-order valence-electron chi connectivity index (χ3n) is 4.27. The van der Waals surface area contributed by atoms with Gasteiger partial charge in [0.1, 0.15) is 11.6 Å². The largest absolute Gasteiger partial charge is 0.492 e. The zero-order valence-corrected chi connectivity index (χ0v) is 13.5. The molecule has 0 bridgehead atoms. The lowest BCUT2D eigenvalue weighted by Crippen LogP contribution is -2.30. The second kappa shape index (κ2) is 7.90. The normalized spacial score (nSPS) is 17.0. The maximum absolute atomic E-state index is 13.1. The molecule has 0 spiro atoms. The van der Waals surface area contributed by atoms with E-state index in [0.29, 0.717) is 19.4 Å². The number of rotatable bonds is 6. The van der Waals surface area contributed by atoms with Crippen LogP contribution in [0.5, 0.6) is 5.75 Å². The summed E-state index contributed by atoms with van der Waals surface area (Å²) in [6, 6.07) is 10.2. The molecule has 2 aromatic rings. The molecule has 2 heterocycles. The van der Waals surface area contributed by atoms with Gasteiger partial charge in [-0.3, -0.25) is 9.78 Å². The molecule has 1 atom stereocenters. The molecule has 0 radical (unpaired) electrons. The smallest absolute Gasteiger partial charge is 0.223 e. The minimum atomic E-state index is -0.248. The second-order valence-electron chi connectivity index (χ2n) is 5.94. The van der Waals surface area contributed by atoms with Crippen molar-refractivity contribution < 1.29 is 13.9 Å². The van der Waals surface area contributed by atoms with Gasteiger partial charge in [0.05, 0.1) is 18.8 Å². The lowest BCUT2D eigenvalue weighted by molar-refractivity contribution is -0.132. The maximum Gasteiger partial charge on any atom is 0.223 e. The first-order valence-corrected chi connectivity index (χ1v) is 8.32. The van der Waals surface area contributed by atoms with Crippen LogP contribution in [0.25, 0.3) is 0 Å². The van der Waals surface area contributed by atoms with Crippen molar-refractivity contribution in [1.82, 2.24) is 9.88 Å². The fraction of sp³-hybridized carbons (Fsp3) is 0.368. The molecule has 1 fully saturated rings. The molecule has 1 aliphatic rings. The summed E-state index contributed by atoms with van der Waals surface area (Å²) in [5.41, 5.74) is 1.01. The zero-order chi connectivity index (χ0) is 16.8. The molecule has 24 heavy (non-hydrogen) atoms. The molecule has 1 aliphatic heterocycles. The number of hydrogen-bond acceptors (Lipinski definition) is 3. The Morgan fingerprint density at radius 1 is 1.29 bits per heavy atom. The summed E-state index contributed by atoms with van der Waals surface area (Å²) in [4.78, 5) is 18.4. The molecule has 0 aliphatic carbocycles. The molecule has 4 nitrogen and oxygen atoms in total. The quantitative estimate of drug-likeness (QED) is 0.759. The van der Waals surface area contributed by atoms with Crippen molar-refractivity contribution in [2.24, 2.45) is 0 Å². The minimum absolute atomic E-state index is 0.0670. The highest BCUT2D eigenvalue weighted by molar-refractivity contribution is 5.77. The van der Waals surface area contributed by atoms with Gasteiger partial charge in [0.15, 0.2) is 0 Å². The van der Waals surface area contributed by atoms with Crippen LogP contribution in [0.1, 0.15) is 37.3 Å². The van der Waals surface area contributed by atoms with Crippen LogP contribution >= 0.6 is 0 Å². The third kappa shape index (κ3) is 4.10. The van der Waals surface area contributed by atoms with E-state index in [1.54, 1.807) is 24.5 Å². The SMILES string of the molecule is O=C(CCCOc1cccnc1)N1CCC[C@H]1c1ccc(F)cc1. The van der Waals surface area contributed by atoms with E-state index >= 15 is 0 Å². The van der Waals surface area contributed by atoms with Crippen LogP contribution in [0.2, 0.25) is 0 Å². The van der Waals surface area contributed by atoms with Gasteiger partial charge in [0, 0.05) is 19.2 Å². The number of pyridine rings is 1. The van der Waals surface area contributed by atoms with Crippen LogP contribution in [-0.2, 0) is 4.79 Å². The number of halogens is 1. The average Bonchev–Trinajstić information content (AvgIpc) is 3.10. The van der Waals surface area contributed by atoms with Crippen LogP contribution in [-0.4, -0.2) is 28.9 Å². The number of carbonyl (C=O) groups is 1. The van der Waals surface area contributed by atoms with Gasteiger partial charge in [-0.05, 0) is 49.1 Å². The van der Waals surface area contributed by atoms with Crippen LogP contribution in [0.15, 0.2) is 48.8 Å². The van der Waals surface area contributed by atoms with E-state index in [9.17, 15) is 9.18 Å². The molecular weight excluding hydrogens is 307 g/mol. The van der Waals surface area contributed by atoms with Crippen molar-refractivity contribution in [2.75, 3.05) is 13.2 Å². The molecule has 1 aromatic carbocycles. The average molecular weight is 328 g/mol. The first kappa shape index (κ1) is 16.4. The second-order valence-corrected chi connectivity index (χ2v) is 5.94. The van der Waals surface area contributed by atoms with Gasteiger partial charge in [0.2, 0.25) is 5.91 Å². The minimum Gasteiger partial charge on any atom is -0.492 e. The highest BCUT2D eigenvalue weighted by Crippen LogP contribution is 2.32. The van der Waals surface area contributed by atoms with Crippen LogP contribution < -0.4 is 4.74 Å². The topological polar surface area (TPSA) is 42.4 Å². The predicted octanol–water partition coefficient (Wildman–Crippen LogP) is 3.74. The molecule has 0 unspecified atom stereocenters. The number of nitrogens with zero attached hydrogens (tertiary/aromatic N) is 2. The Morgan fingerprint density at radius 2 is 2.12 bits per heavy atom. The fourth-order valence-corrected chi connectivity index (χ4v) is 3.09. The summed E-state index contributed by atoms with van der Waals surface area (Å²) in [5, 5.41) is 0. The first-order chi connectivity index (χ1) is 11.7. The first-order valence-electron chi connectivity index (χ1n) is 8.32. The van der Waals surface area contributed by atoms with E-state index in [2.05, 4.69) is 4.98 Å². The Labute approximate surface area is 141 Å². The van der Waals surface area contributed by atoms with Gasteiger partial charge in [-0.1, -0.05) is 12.1 Å². The third-order valence-corrected chi connectivity index (χ3v) is 4.27. The van der Waals surface area contributed by atoms with Crippen molar-refractivity contribution in [1.29, 1.82) is 0 Å². The number of hydrogen-bond donors (Lipinski definition) is 0. The van der Waals surface area contributed by atoms with Gasteiger partial charge in [-0.2, -0.15) is 0 Å². The fourth-order valence-electron chi connectivity index (χ4n) is 3.09. The summed E-state index contributed by atoms with van der Waals surface area (Å²) >= 11 is 0. The van der Waals surface area contributed by atoms with E-state index in [-0.39, 0.29) is 17.8 Å². The number of carbonyl (C=O) groups excluding carboxylic acids is 1. The van der Waals surface area contributed by atoms with Crippen molar-refractivity contribution >= 4 is 5.91 Å². The number of amides is 1. The summed E-state index contributed by atoms with van der Waals surface area (Å²) in [6.45, 7) is 1.26. The Hall–Kier alpha value is -2.43. The highest BCUT2D eigenvalue weighted by atomic mass is 19.1. The Balaban J connectivity index is 1.49. The predicted molar refractivity (Wildman–Crippen MR) is 89.1 cm³/mol. The summed E-state index contributed by atoms with van der Waals surface area (Å²) in [5.74, 6) is 0.606. The zero-order valence-electron chi connectivity index (χ0n) is 13.5. The molecule has 0 saturated carbocycles. The molecule has 5 heteroatoms. The van der Waals surface area contributed by atoms with Gasteiger partial charge >= 0.3 is 0 Å². The van der Waals surface area contributed by atoms with Gasteiger partial charge in [-0.15, -0.1) is 0 Å². The van der Waals surface area contributed by atoms with E-state index < -0.39 is 0 Å². The van der Waals surface area contributed by atoms with E-state index in [1.807, 2.05) is 17.0 Å². The molecule has 1 saturated heterocycles. The Bertz CT molecular complexity index is 661. The lowest BCUT2D eigenvalue weighted by Gasteiger charge is -2.25. The molecular formula is C19H21FN2O2. The Morgan fingerprint density at radius 3 is 2.88 bits per heavy atom. The summed E-state index contributed by atoms with van der Waals surface area (Å²) in [6.07, 6.45) is 6.40. The highest BCUT2D eigenvalue weighted by Gasteiger charge is 2.29. The summed E-state index contributed by atoms with van der Waals surface area (Å²) in [7, 11) is 0. The van der Waals surface area contributed by atoms with Gasteiger partial charge in [-0.25, -0.2) is 4.39 Å². The van der Waals surface area contributed by atoms with E-state index in [0.717, 1.165) is 30.7 Å². The lowest BCUT2D eigenvalue weighted by atomic mass is 10.0. The maximum atomic E-state index is 13.1. The van der Waals surface area contributed by atoms with Crippen molar-refractivity contribution in [2.45, 2.75) is 31.7 Å². The number of likely N-dealkylation sites (tertiary alicyclic amines) is 1. The van der Waals surface area contributed by atoms with Crippen molar-refractivity contribution in [3.8, 4) is 5.75 Å². The number of ether oxygens (including phenoxy) is 1. The van der Waals surface area contributed by atoms with Crippen molar-refractivity contribution in [3.05, 3.63) is 60.2 Å². The van der Waals surface area contributed by atoms with Gasteiger partial charge in [0.25, 0.3) is 0 Å². The van der Waals surface area contributed by atoms with Crippen molar-refractivity contribution in [3.63, 3.8) is 0 Å². The van der Waals surface area contributed by atoms with E-state index in [4.69, 9.17) is 4.74 Å². The molecule has 1 aromatic heterocycles. The van der Waals surface area contributed by atoms with E-state index in [1.165, 1.54) is 12.1 Å². The monoisotopic (exact) mass is 328 g/mol. The molecule has 0 N–H and O–H groups in total. The van der Waals surface area contributed by atoms with Gasteiger partial charge < -0.3 is 9.64 Å². The molecule has 126 valence electrons. The molecule has 1 amide bonds. The number of aromatic nitrogens is 1. The number of benzene rings is 1. The van der Waals surface area contributed by atoms with Crippen LogP contribution in [0, 0.1) is 5.82 Å². The molecule has 3 rings (SSSR count). The summed E-state index contributed by atoms with van der Waals surface area (Å²) < 4.78 is 18.6. The standard InChI is InChI=1S/C19H21FN2O2/c20-16-9-7-15(8-10-16)18-5-2-12-22(18)19(23)6-3-13-24-17-4-1-11-21-14-17/h1,4,7-11,14,18H,2-3,5-6,12-13H2/t18-/m0/s1. The van der Waals surface area contributed by atoms with Crippen LogP contribution in [0.4, 0.5) is 4.39 Å². The Kier molecular flexibility index (Phi) is 5.41.